The Morgan fingerprint density at radius 3 is 2.57 bits per heavy atom. The third kappa shape index (κ3) is 8.03. The molecular formula is C38H46N5NaO7S2. The number of hydrogen-bond acceptors (Lipinski definition) is 10. The summed E-state index contributed by atoms with van der Waals surface area (Å²) < 4.78 is 41.5. The van der Waals surface area contributed by atoms with E-state index in [9.17, 15) is 22.8 Å². The molecule has 3 fully saturated rings. The number of nitrogens with one attached hydrogen (secondary N) is 1. The van der Waals surface area contributed by atoms with Crippen LogP contribution >= 0.6 is 11.3 Å². The number of aryl methyl sites for hydroxylation is 1. The van der Waals surface area contributed by atoms with Crippen LogP contribution in [0.3, 0.4) is 0 Å². The van der Waals surface area contributed by atoms with Crippen molar-refractivity contribution < 1.29 is 61.8 Å². The third-order valence-electron chi connectivity index (χ3n) is 10.9. The van der Waals surface area contributed by atoms with E-state index in [1.807, 2.05) is 42.7 Å². The summed E-state index contributed by atoms with van der Waals surface area (Å²) in [7, 11) is -0.577. The van der Waals surface area contributed by atoms with Crippen LogP contribution in [0.4, 0.5) is 0 Å². The predicted molar refractivity (Wildman–Crippen MR) is 199 cm³/mol. The zero-order valence-electron chi connectivity index (χ0n) is 31.3. The Balaban J connectivity index is 0.00000481. The molecule has 15 heteroatoms. The summed E-state index contributed by atoms with van der Waals surface area (Å²) in [6.45, 7) is 6.68. The van der Waals surface area contributed by atoms with E-state index in [1.54, 1.807) is 19.1 Å². The number of rotatable bonds is 8. The van der Waals surface area contributed by atoms with Crippen molar-refractivity contribution in [1.82, 2.24) is 20.2 Å². The molecule has 53 heavy (non-hydrogen) atoms. The molecule has 0 bridgehead atoms. The van der Waals surface area contributed by atoms with Gasteiger partial charge in [0.15, 0.2) is 0 Å². The molecule has 3 amide bonds. The van der Waals surface area contributed by atoms with Crippen molar-refractivity contribution >= 4 is 50.0 Å². The molecule has 0 spiro atoms. The summed E-state index contributed by atoms with van der Waals surface area (Å²) in [5.74, 6) is -1.85. The second-order valence-corrected chi connectivity index (χ2v) is 17.8. The number of allylic oxidation sites excluding steroid dienone is 1. The molecule has 4 aliphatic rings. The van der Waals surface area contributed by atoms with Gasteiger partial charge in [0.05, 0.1) is 51.6 Å². The maximum Gasteiger partial charge on any atom is 1.00 e. The Morgan fingerprint density at radius 2 is 1.87 bits per heavy atom. The monoisotopic (exact) mass is 771 g/mol. The number of aromatic nitrogens is 2. The smallest absolute Gasteiger partial charge is 0.544 e. The van der Waals surface area contributed by atoms with Gasteiger partial charge in [0.1, 0.15) is 28.3 Å². The molecular weight excluding hydrogens is 726 g/mol. The zero-order valence-corrected chi connectivity index (χ0v) is 34.9. The summed E-state index contributed by atoms with van der Waals surface area (Å²) in [4.78, 5) is 53.4. The number of thiazole rings is 1. The minimum absolute atomic E-state index is 0. The van der Waals surface area contributed by atoms with E-state index in [-0.39, 0.29) is 66.6 Å². The van der Waals surface area contributed by atoms with E-state index in [0.29, 0.717) is 42.1 Å². The molecule has 1 aliphatic heterocycles. The average Bonchev–Trinajstić information content (AvgIpc) is 3.98. The maximum absolute atomic E-state index is 14.3. The predicted octanol–water partition coefficient (Wildman–Crippen LogP) is 3.04. The van der Waals surface area contributed by atoms with Crippen LogP contribution in [-0.2, 0) is 24.4 Å². The van der Waals surface area contributed by atoms with Crippen molar-refractivity contribution in [3.05, 3.63) is 51.7 Å². The third-order valence-corrected chi connectivity index (χ3v) is 13.5. The number of ether oxygens (including phenoxy) is 2. The second-order valence-electron chi connectivity index (χ2n) is 15.0. The van der Waals surface area contributed by atoms with Crippen LogP contribution < -0.4 is 44.3 Å². The first kappa shape index (κ1) is 39.6. The van der Waals surface area contributed by atoms with Crippen molar-refractivity contribution in [1.29, 1.82) is 0 Å². The molecule has 3 aromatic rings. The van der Waals surface area contributed by atoms with Crippen LogP contribution in [0, 0.1) is 24.7 Å². The molecule has 1 aromatic carbocycles. The van der Waals surface area contributed by atoms with Gasteiger partial charge in [-0.3, -0.25) is 9.59 Å². The zero-order chi connectivity index (χ0) is 36.9. The van der Waals surface area contributed by atoms with Gasteiger partial charge in [-0.1, -0.05) is 26.0 Å². The number of carbonyl (C=O) groups excluding carboxylic acids is 3. The fourth-order valence-electron chi connectivity index (χ4n) is 7.48. The van der Waals surface area contributed by atoms with E-state index in [0.717, 1.165) is 40.9 Å². The first-order valence-electron chi connectivity index (χ1n) is 18.2. The molecule has 3 aliphatic carbocycles. The Bertz CT molecular complexity index is 2050. The quantitative estimate of drug-likeness (QED) is 0.269. The van der Waals surface area contributed by atoms with Crippen molar-refractivity contribution in [3.63, 3.8) is 0 Å². The maximum atomic E-state index is 14.3. The Kier molecular flexibility index (Phi) is 11.7. The number of pyridine rings is 1. The van der Waals surface area contributed by atoms with E-state index >= 15 is 0 Å². The van der Waals surface area contributed by atoms with E-state index in [2.05, 4.69) is 23.9 Å². The standard InChI is InChI=1S/C38H47N5O7S2.Na/c1-21(2)30-20-51-35(40-30)29-18-32(26-13-14-31(49-5)22(3)33(26)39-29)50-24-16-27-28(17-24)36(45)43(4)15-9-7-6-8-10-23-19-38(23,41-34(27)44)37(46)42-52(47,48)25-11-12-25;/h8,10,13-14,18,20-21,23-25,27-28H,6-7,9,11-12,15-17,19H2,1-5H3,(H2,41,42,44,46);/q;+1/p-1/t23-,24-,27-,28-,38-;/m1./s1. The first-order valence-corrected chi connectivity index (χ1v) is 20.5. The summed E-state index contributed by atoms with van der Waals surface area (Å²) in [5, 5.41) is 5.85. The van der Waals surface area contributed by atoms with Crippen LogP contribution in [-0.4, -0.2) is 78.6 Å². The molecule has 0 radical (unpaired) electrons. The molecule has 3 saturated carbocycles. The normalized spacial score (nSPS) is 26.3. The van der Waals surface area contributed by atoms with Gasteiger partial charge in [0.2, 0.25) is 11.8 Å². The van der Waals surface area contributed by atoms with Gasteiger partial charge in [-0.2, -0.15) is 0 Å². The van der Waals surface area contributed by atoms with Gasteiger partial charge < -0.3 is 29.2 Å². The second kappa shape index (κ2) is 15.6. The summed E-state index contributed by atoms with van der Waals surface area (Å²) in [5.41, 5.74) is 1.73. The van der Waals surface area contributed by atoms with Crippen molar-refractivity contribution in [2.24, 2.45) is 17.8 Å². The molecule has 12 nitrogen and oxygen atoms in total. The number of fused-ring (bicyclic) bond motifs is 3. The van der Waals surface area contributed by atoms with Crippen LogP contribution in [0.2, 0.25) is 0 Å². The molecule has 0 saturated heterocycles. The molecule has 0 unspecified atom stereocenters. The van der Waals surface area contributed by atoms with E-state index in [4.69, 9.17) is 19.4 Å². The van der Waals surface area contributed by atoms with Crippen molar-refractivity contribution in [2.75, 3.05) is 20.7 Å². The van der Waals surface area contributed by atoms with Gasteiger partial charge >= 0.3 is 29.6 Å². The molecule has 7 rings (SSSR count). The van der Waals surface area contributed by atoms with Gasteiger partial charge in [0, 0.05) is 47.2 Å². The molecule has 278 valence electrons. The summed E-state index contributed by atoms with van der Waals surface area (Å²) in [6, 6.07) is 5.65. The first-order chi connectivity index (χ1) is 24.8. The largest absolute Gasteiger partial charge is 1.00 e. The number of nitrogens with zero attached hydrogens (tertiary/aromatic N) is 4. The molecule has 5 atom stereocenters. The summed E-state index contributed by atoms with van der Waals surface area (Å²) in [6.07, 6.45) is 7.44. The molecule has 1 N–H and O–H groups in total. The topological polar surface area (TPSA) is 159 Å². The minimum atomic E-state index is -3.95. The van der Waals surface area contributed by atoms with Crippen LogP contribution in [0.15, 0.2) is 35.7 Å². The molecule has 2 aromatic heterocycles. The van der Waals surface area contributed by atoms with Crippen molar-refractivity contribution in [2.45, 2.75) is 94.9 Å². The Labute approximate surface area is 337 Å². The SMILES string of the molecule is COc1ccc2c(O[C@@H]3C[C@H]4C(=O)N[C@]5(C(=O)[N-]S(=O)(=O)C6CC6)C[C@H]5C=CCCCCN(C)C(=O)[C@@H]4C3)cc(-c3nc(C(C)C)cs3)nc2c1C.[Na+]. The Hall–Kier alpha value is -3.04. The Morgan fingerprint density at radius 1 is 1.11 bits per heavy atom. The average molecular weight is 772 g/mol. The van der Waals surface area contributed by atoms with Crippen LogP contribution in [0.1, 0.15) is 82.4 Å². The fourth-order valence-corrected chi connectivity index (χ4v) is 9.70. The van der Waals surface area contributed by atoms with Gasteiger partial charge in [-0.15, -0.1) is 11.3 Å². The van der Waals surface area contributed by atoms with E-state index in [1.165, 1.54) is 11.3 Å². The minimum Gasteiger partial charge on any atom is -0.544 e. The van der Waals surface area contributed by atoms with Crippen LogP contribution in [0.5, 0.6) is 11.5 Å². The number of hydrogen-bond donors (Lipinski definition) is 1. The van der Waals surface area contributed by atoms with E-state index < -0.39 is 50.6 Å². The number of benzene rings is 1. The van der Waals surface area contributed by atoms with Crippen molar-refractivity contribution in [3.8, 4) is 22.2 Å². The van der Waals surface area contributed by atoms with Gasteiger partial charge in [-0.25, -0.2) is 18.4 Å². The number of methoxy groups -OCH3 is 1. The summed E-state index contributed by atoms with van der Waals surface area (Å²) >= 11 is 1.51. The van der Waals surface area contributed by atoms with Gasteiger partial charge in [-0.05, 0) is 76.3 Å². The van der Waals surface area contributed by atoms with Gasteiger partial charge in [0.25, 0.3) is 0 Å². The molecule has 3 heterocycles. The number of amides is 3. The van der Waals surface area contributed by atoms with Crippen LogP contribution in [0.25, 0.3) is 26.3 Å². The number of carbonyl (C=O) groups is 3. The number of sulfonamides is 1. The fraction of sp³-hybridized carbons (Fsp3) is 0.553.